The number of anilines is 1. The van der Waals surface area contributed by atoms with Crippen molar-refractivity contribution < 1.29 is 28.8 Å². The number of carbonyl (C=O) groups is 2. The Bertz CT molecular complexity index is 1520. The first kappa shape index (κ1) is 25.8. The topological polar surface area (TPSA) is 130 Å². The number of rotatable bonds is 8. The molecule has 10 nitrogen and oxygen atoms in total. The van der Waals surface area contributed by atoms with E-state index in [0.29, 0.717) is 22.5 Å². The average Bonchev–Trinajstić information content (AvgIpc) is 2.88. The third-order valence-corrected chi connectivity index (χ3v) is 5.97. The number of amides is 1. The molecule has 37 heavy (non-hydrogen) atoms. The van der Waals surface area contributed by atoms with Gasteiger partial charge < -0.3 is 19.3 Å². The van der Waals surface area contributed by atoms with Crippen molar-refractivity contribution in [2.75, 3.05) is 46.3 Å². The van der Waals surface area contributed by atoms with E-state index in [1.54, 1.807) is 12.1 Å². The summed E-state index contributed by atoms with van der Waals surface area (Å²) in [6.45, 7) is 0.130. The van der Waals surface area contributed by atoms with Crippen molar-refractivity contribution in [3.05, 3.63) is 71.1 Å². The van der Waals surface area contributed by atoms with Crippen LogP contribution >= 0.6 is 0 Å². The minimum Gasteiger partial charge on any atom is -0.478 e. The van der Waals surface area contributed by atoms with Crippen LogP contribution in [0.1, 0.15) is 20.7 Å². The van der Waals surface area contributed by atoms with Crippen LogP contribution in [0.2, 0.25) is 0 Å². The quantitative estimate of drug-likeness (QED) is 0.144. The summed E-state index contributed by atoms with van der Waals surface area (Å²) in [4.78, 5) is 36.3. The summed E-state index contributed by atoms with van der Waals surface area (Å²) in [6.07, 6.45) is 0. The third kappa shape index (κ3) is 5.31. The Kier molecular flexibility index (Phi) is 7.53. The number of carbonyl (C=O) groups excluding carboxylic acids is 1. The molecule has 1 aliphatic heterocycles. The van der Waals surface area contributed by atoms with Crippen molar-refractivity contribution in [1.82, 2.24) is 10.1 Å². The number of fused-ring (bicyclic) bond motifs is 2. The van der Waals surface area contributed by atoms with E-state index in [4.69, 9.17) is 15.2 Å². The fourth-order valence-electron chi connectivity index (χ4n) is 4.06. The molecule has 0 saturated carbocycles. The van der Waals surface area contributed by atoms with Crippen molar-refractivity contribution in [2.45, 2.75) is 0 Å². The molecule has 0 aromatic heterocycles. The van der Waals surface area contributed by atoms with Gasteiger partial charge in [-0.25, -0.2) is 20.7 Å². The first-order valence-electron chi connectivity index (χ1n) is 11.5. The van der Waals surface area contributed by atoms with E-state index in [1.165, 1.54) is 6.07 Å². The minimum absolute atomic E-state index is 0.0277. The van der Waals surface area contributed by atoms with Gasteiger partial charge >= 0.3 is 5.97 Å². The average molecular weight is 506 g/mol. The lowest BCUT2D eigenvalue weighted by Gasteiger charge is -2.19. The Morgan fingerprint density at radius 3 is 2.46 bits per heavy atom. The summed E-state index contributed by atoms with van der Waals surface area (Å²) in [5.74, 6) is 3.79. The van der Waals surface area contributed by atoms with Gasteiger partial charge in [-0.3, -0.25) is 9.63 Å². The molecule has 4 N–H and O–H groups in total. The lowest BCUT2D eigenvalue weighted by Crippen LogP contribution is -2.26. The van der Waals surface area contributed by atoms with Crippen molar-refractivity contribution in [3.8, 4) is 22.5 Å². The minimum atomic E-state index is -1.17. The molecule has 0 unspecified atom stereocenters. The SMILES string of the molecule is CN(C)c1ccc2c(-c3ccc(C(=O)NOCCON)cc3C(=O)O)c3ccc(=[N+](C)C)cc-3oc2c1. The zero-order chi connectivity index (χ0) is 26.7. The van der Waals surface area contributed by atoms with Crippen LogP contribution in [-0.2, 0) is 9.68 Å². The van der Waals surface area contributed by atoms with Gasteiger partial charge in [0, 0.05) is 54.0 Å². The molecule has 0 radical (unpaired) electrons. The number of carboxylic acids is 1. The van der Waals surface area contributed by atoms with E-state index >= 15 is 0 Å². The maximum Gasteiger partial charge on any atom is 0.336 e. The highest BCUT2D eigenvalue weighted by Crippen LogP contribution is 2.42. The molecule has 10 heteroatoms. The molecular weight excluding hydrogens is 476 g/mol. The fraction of sp³-hybridized carbons (Fsp3) is 0.222. The van der Waals surface area contributed by atoms with Crippen LogP contribution in [0.5, 0.6) is 0 Å². The van der Waals surface area contributed by atoms with E-state index in [1.807, 2.05) is 74.1 Å². The Balaban J connectivity index is 1.95. The van der Waals surface area contributed by atoms with Crippen LogP contribution < -0.4 is 26.2 Å². The largest absolute Gasteiger partial charge is 0.478 e. The van der Waals surface area contributed by atoms with Crippen molar-refractivity contribution in [1.29, 1.82) is 0 Å². The maximum atomic E-state index is 12.5. The van der Waals surface area contributed by atoms with Crippen molar-refractivity contribution in [3.63, 3.8) is 0 Å². The lowest BCUT2D eigenvalue weighted by atomic mass is 9.89. The molecule has 1 aliphatic carbocycles. The number of nitrogens with zero attached hydrogens (tertiary/aromatic N) is 2. The van der Waals surface area contributed by atoms with E-state index in [9.17, 15) is 14.7 Å². The van der Waals surface area contributed by atoms with Gasteiger partial charge in [0.1, 0.15) is 32.0 Å². The van der Waals surface area contributed by atoms with Crippen LogP contribution in [-0.4, -0.2) is 58.4 Å². The van der Waals surface area contributed by atoms with Crippen LogP contribution in [0.3, 0.4) is 0 Å². The zero-order valence-corrected chi connectivity index (χ0v) is 21.1. The summed E-state index contributed by atoms with van der Waals surface area (Å²) in [5, 5.41) is 11.8. The van der Waals surface area contributed by atoms with Crippen LogP contribution in [0.25, 0.3) is 33.4 Å². The van der Waals surface area contributed by atoms with Crippen LogP contribution in [0.4, 0.5) is 5.69 Å². The Morgan fingerprint density at radius 2 is 1.78 bits per heavy atom. The smallest absolute Gasteiger partial charge is 0.336 e. The van der Waals surface area contributed by atoms with Gasteiger partial charge in [-0.05, 0) is 35.9 Å². The van der Waals surface area contributed by atoms with E-state index in [0.717, 1.165) is 22.0 Å². The Hall–Kier alpha value is -4.25. The lowest BCUT2D eigenvalue weighted by molar-refractivity contribution is -0.000915. The predicted octanol–water partition coefficient (Wildman–Crippen LogP) is 2.55. The van der Waals surface area contributed by atoms with Gasteiger partial charge in [-0.2, -0.15) is 0 Å². The number of aromatic carboxylic acids is 1. The first-order valence-corrected chi connectivity index (χ1v) is 11.5. The second-order valence-corrected chi connectivity index (χ2v) is 8.84. The Labute approximate surface area is 213 Å². The predicted molar refractivity (Wildman–Crippen MR) is 140 cm³/mol. The van der Waals surface area contributed by atoms with Gasteiger partial charge in [0.05, 0.1) is 18.2 Å². The molecule has 0 bridgehead atoms. The highest BCUT2D eigenvalue weighted by Gasteiger charge is 2.23. The Morgan fingerprint density at radius 1 is 1.03 bits per heavy atom. The van der Waals surface area contributed by atoms with Gasteiger partial charge in [0.2, 0.25) is 5.36 Å². The van der Waals surface area contributed by atoms with E-state index < -0.39 is 11.9 Å². The highest BCUT2D eigenvalue weighted by molar-refractivity contribution is 6.09. The summed E-state index contributed by atoms with van der Waals surface area (Å²) < 4.78 is 8.28. The number of hydrogen-bond donors (Lipinski definition) is 3. The van der Waals surface area contributed by atoms with Gasteiger partial charge in [0.25, 0.3) is 5.91 Å². The standard InChI is InChI=1S/C27H28N4O6/c1-30(2)17-6-9-20-23(14-17)37-24-15-18(31(3)4)7-10-21(24)25(20)19-8-5-16(13-22(19)27(33)34)26(32)29-36-12-11-35-28/h5-10,13-15H,11-12,28H2,1-4H3,(H-,29,32,33,34)/p+1. The number of carboxylic acid groups (broad SMARTS) is 1. The van der Waals surface area contributed by atoms with Gasteiger partial charge in [0.15, 0.2) is 0 Å². The third-order valence-electron chi connectivity index (χ3n) is 5.97. The first-order chi connectivity index (χ1) is 17.7. The monoisotopic (exact) mass is 505 g/mol. The molecule has 0 saturated heterocycles. The number of hydrogen-bond acceptors (Lipinski definition) is 7. The van der Waals surface area contributed by atoms with Gasteiger partial charge in [-0.15, -0.1) is 0 Å². The maximum absolute atomic E-state index is 12.5. The number of nitrogens with one attached hydrogen (secondary N) is 1. The number of hydroxylamine groups is 1. The second kappa shape index (κ2) is 10.8. The fourth-order valence-corrected chi connectivity index (χ4v) is 4.06. The summed E-state index contributed by atoms with van der Waals surface area (Å²) >= 11 is 0. The van der Waals surface area contributed by atoms with E-state index in [-0.39, 0.29) is 24.3 Å². The number of benzene rings is 3. The second-order valence-electron chi connectivity index (χ2n) is 8.84. The van der Waals surface area contributed by atoms with Crippen molar-refractivity contribution in [2.24, 2.45) is 5.90 Å². The highest BCUT2D eigenvalue weighted by atomic mass is 16.7. The molecule has 2 aromatic rings. The molecule has 192 valence electrons. The molecule has 4 rings (SSSR count). The molecule has 2 aromatic carbocycles. The molecule has 2 aliphatic rings. The molecule has 0 spiro atoms. The van der Waals surface area contributed by atoms with E-state index in [2.05, 4.69) is 10.3 Å². The molecule has 1 heterocycles. The zero-order valence-electron chi connectivity index (χ0n) is 21.1. The molecular formula is C27H29N4O6+. The summed E-state index contributed by atoms with van der Waals surface area (Å²) in [5.41, 5.74) is 5.83. The molecule has 0 fully saturated rings. The van der Waals surface area contributed by atoms with Crippen LogP contribution in [0, 0.1) is 0 Å². The normalized spacial score (nSPS) is 11.1. The summed E-state index contributed by atoms with van der Waals surface area (Å²) in [6, 6.07) is 16.1. The molecule has 1 amide bonds. The van der Waals surface area contributed by atoms with Crippen LogP contribution in [0.15, 0.2) is 59.0 Å². The van der Waals surface area contributed by atoms with Crippen molar-refractivity contribution >= 4 is 28.5 Å². The number of nitrogens with two attached hydrogens (primary N) is 1. The van der Waals surface area contributed by atoms with Gasteiger partial charge in [-0.1, -0.05) is 6.07 Å². The summed E-state index contributed by atoms with van der Waals surface area (Å²) in [7, 11) is 7.75. The molecule has 0 atom stereocenters.